The highest BCUT2D eigenvalue weighted by atomic mass is 16.2. The van der Waals surface area contributed by atoms with Crippen molar-refractivity contribution < 1.29 is 9.59 Å². The summed E-state index contributed by atoms with van der Waals surface area (Å²) in [7, 11) is 0. The van der Waals surface area contributed by atoms with E-state index in [1.807, 2.05) is 20.8 Å². The predicted octanol–water partition coefficient (Wildman–Crippen LogP) is 0.722. The molecule has 0 aliphatic carbocycles. The monoisotopic (exact) mass is 182 g/mol. The third-order valence-electron chi connectivity index (χ3n) is 2.15. The second-order valence-electron chi connectivity index (χ2n) is 4.25. The van der Waals surface area contributed by atoms with Crippen LogP contribution in [0.15, 0.2) is 4.99 Å². The first-order chi connectivity index (χ1) is 5.95. The molecule has 0 N–H and O–H groups in total. The molecule has 0 aromatic rings. The molecule has 1 saturated heterocycles. The molecule has 0 aromatic carbocycles. The number of isocyanates is 1. The Morgan fingerprint density at radius 2 is 2.15 bits per heavy atom. The standard InChI is InChI=1S/C9H14N2O2/c1-9(2,3)11-5-7(10-6-12)4-8(11)13/h7H,4-5H2,1-3H3. The van der Waals surface area contributed by atoms with E-state index in [9.17, 15) is 9.59 Å². The second kappa shape index (κ2) is 3.30. The quantitative estimate of drug-likeness (QED) is 0.443. The first kappa shape index (κ1) is 9.93. The zero-order chi connectivity index (χ0) is 10.1. The normalized spacial score (nSPS) is 23.2. The SMILES string of the molecule is CC(C)(C)N1CC(N=C=O)CC1=O. The average Bonchev–Trinajstić information content (AvgIpc) is 2.30. The molecule has 1 rings (SSSR count). The highest BCUT2D eigenvalue weighted by molar-refractivity contribution is 5.80. The zero-order valence-electron chi connectivity index (χ0n) is 8.20. The maximum atomic E-state index is 11.4. The first-order valence-electron chi connectivity index (χ1n) is 4.32. The van der Waals surface area contributed by atoms with E-state index in [0.29, 0.717) is 13.0 Å². The van der Waals surface area contributed by atoms with Crippen LogP contribution < -0.4 is 0 Å². The third kappa shape index (κ3) is 2.16. The second-order valence-corrected chi connectivity index (χ2v) is 4.25. The smallest absolute Gasteiger partial charge is 0.235 e. The van der Waals surface area contributed by atoms with Crippen LogP contribution in [0.5, 0.6) is 0 Å². The Bertz CT molecular complexity index is 261. The van der Waals surface area contributed by atoms with Crippen molar-refractivity contribution in [1.82, 2.24) is 4.90 Å². The lowest BCUT2D eigenvalue weighted by Crippen LogP contribution is -2.42. The summed E-state index contributed by atoms with van der Waals surface area (Å²) in [6.07, 6.45) is 1.84. The van der Waals surface area contributed by atoms with E-state index in [-0.39, 0.29) is 17.5 Å². The lowest BCUT2D eigenvalue weighted by Gasteiger charge is -2.31. The van der Waals surface area contributed by atoms with Crippen molar-refractivity contribution in [2.75, 3.05) is 6.54 Å². The van der Waals surface area contributed by atoms with Crippen LogP contribution in [0.3, 0.4) is 0 Å². The van der Waals surface area contributed by atoms with E-state index in [1.165, 1.54) is 6.08 Å². The van der Waals surface area contributed by atoms with Crippen molar-refractivity contribution in [2.24, 2.45) is 4.99 Å². The van der Waals surface area contributed by atoms with Crippen molar-refractivity contribution >= 4 is 12.0 Å². The van der Waals surface area contributed by atoms with Crippen LogP contribution in [0.1, 0.15) is 27.2 Å². The summed E-state index contributed by atoms with van der Waals surface area (Å²) in [5.74, 6) is 0.0662. The molecule has 1 atom stereocenters. The van der Waals surface area contributed by atoms with Crippen LogP contribution in [0.4, 0.5) is 0 Å². The lowest BCUT2D eigenvalue weighted by atomic mass is 10.1. The van der Waals surface area contributed by atoms with E-state index >= 15 is 0 Å². The van der Waals surface area contributed by atoms with Gasteiger partial charge in [-0.25, -0.2) is 9.79 Å². The number of carbonyl (C=O) groups is 1. The summed E-state index contributed by atoms with van der Waals surface area (Å²) in [6, 6.07) is -0.191. The molecule has 4 nitrogen and oxygen atoms in total. The van der Waals surface area contributed by atoms with Gasteiger partial charge in [-0.1, -0.05) is 0 Å². The highest BCUT2D eigenvalue weighted by Gasteiger charge is 2.35. The van der Waals surface area contributed by atoms with Gasteiger partial charge in [0, 0.05) is 12.1 Å². The van der Waals surface area contributed by atoms with Gasteiger partial charge in [-0.15, -0.1) is 0 Å². The van der Waals surface area contributed by atoms with Crippen molar-refractivity contribution in [3.05, 3.63) is 0 Å². The van der Waals surface area contributed by atoms with Crippen LogP contribution in [-0.2, 0) is 9.59 Å². The van der Waals surface area contributed by atoms with E-state index in [0.717, 1.165) is 0 Å². The van der Waals surface area contributed by atoms with Gasteiger partial charge in [0.05, 0.1) is 12.5 Å². The Morgan fingerprint density at radius 1 is 1.54 bits per heavy atom. The maximum absolute atomic E-state index is 11.4. The molecular weight excluding hydrogens is 168 g/mol. The van der Waals surface area contributed by atoms with Gasteiger partial charge in [0.15, 0.2) is 0 Å². The van der Waals surface area contributed by atoms with Crippen LogP contribution in [-0.4, -0.2) is 35.0 Å². The number of nitrogens with zero attached hydrogens (tertiary/aromatic N) is 2. The molecule has 0 spiro atoms. The minimum absolute atomic E-state index is 0.0662. The van der Waals surface area contributed by atoms with Crippen LogP contribution in [0, 0.1) is 0 Å². The largest absolute Gasteiger partial charge is 0.336 e. The molecule has 1 fully saturated rings. The van der Waals surface area contributed by atoms with Gasteiger partial charge in [-0.3, -0.25) is 4.79 Å². The molecule has 4 heteroatoms. The molecule has 1 amide bonds. The van der Waals surface area contributed by atoms with Crippen molar-refractivity contribution in [2.45, 2.75) is 38.8 Å². The molecule has 1 aliphatic rings. The molecule has 0 bridgehead atoms. The van der Waals surface area contributed by atoms with Crippen molar-refractivity contribution in [3.8, 4) is 0 Å². The number of aliphatic imine (C=N–C) groups is 1. The van der Waals surface area contributed by atoms with Crippen LogP contribution in [0.2, 0.25) is 0 Å². The first-order valence-corrected chi connectivity index (χ1v) is 4.32. The van der Waals surface area contributed by atoms with Gasteiger partial charge in [0.2, 0.25) is 12.0 Å². The Labute approximate surface area is 77.6 Å². The molecule has 0 saturated carbocycles. The molecule has 1 unspecified atom stereocenters. The van der Waals surface area contributed by atoms with E-state index in [4.69, 9.17) is 0 Å². The molecule has 1 aliphatic heterocycles. The third-order valence-corrected chi connectivity index (χ3v) is 2.15. The van der Waals surface area contributed by atoms with Gasteiger partial charge in [-0.05, 0) is 20.8 Å². The number of likely N-dealkylation sites (tertiary alicyclic amines) is 1. The number of amides is 1. The summed E-state index contributed by atoms with van der Waals surface area (Å²) in [4.78, 5) is 26.8. The van der Waals surface area contributed by atoms with Gasteiger partial charge in [-0.2, -0.15) is 0 Å². The summed E-state index contributed by atoms with van der Waals surface area (Å²) < 4.78 is 0. The Balaban J connectivity index is 2.72. The van der Waals surface area contributed by atoms with Crippen LogP contribution in [0.25, 0.3) is 0 Å². The maximum Gasteiger partial charge on any atom is 0.235 e. The Morgan fingerprint density at radius 3 is 2.54 bits per heavy atom. The number of hydrogen-bond donors (Lipinski definition) is 0. The van der Waals surface area contributed by atoms with Crippen molar-refractivity contribution in [3.63, 3.8) is 0 Å². The summed E-state index contributed by atoms with van der Waals surface area (Å²) in [5, 5.41) is 0. The van der Waals surface area contributed by atoms with Gasteiger partial charge >= 0.3 is 0 Å². The fourth-order valence-electron chi connectivity index (χ4n) is 1.50. The van der Waals surface area contributed by atoms with E-state index < -0.39 is 0 Å². The summed E-state index contributed by atoms with van der Waals surface area (Å²) in [5.41, 5.74) is -0.176. The topological polar surface area (TPSA) is 49.7 Å². The van der Waals surface area contributed by atoms with Crippen LogP contribution >= 0.6 is 0 Å². The molecule has 0 radical (unpaired) electrons. The molecular formula is C9H14N2O2. The van der Waals surface area contributed by atoms with Gasteiger partial charge in [0.1, 0.15) is 0 Å². The number of rotatable bonds is 1. The molecule has 72 valence electrons. The average molecular weight is 182 g/mol. The lowest BCUT2D eigenvalue weighted by molar-refractivity contribution is -0.131. The van der Waals surface area contributed by atoms with Gasteiger partial charge < -0.3 is 4.90 Å². The highest BCUT2D eigenvalue weighted by Crippen LogP contribution is 2.22. The van der Waals surface area contributed by atoms with E-state index in [2.05, 4.69) is 4.99 Å². The summed E-state index contributed by atoms with van der Waals surface area (Å²) >= 11 is 0. The fourth-order valence-corrected chi connectivity index (χ4v) is 1.50. The zero-order valence-corrected chi connectivity index (χ0v) is 8.20. The minimum Gasteiger partial charge on any atom is -0.336 e. The number of hydrogen-bond acceptors (Lipinski definition) is 3. The summed E-state index contributed by atoms with van der Waals surface area (Å²) in [6.45, 7) is 6.45. The molecule has 1 heterocycles. The number of carbonyl (C=O) groups excluding carboxylic acids is 2. The molecule has 13 heavy (non-hydrogen) atoms. The minimum atomic E-state index is -0.191. The Kier molecular flexibility index (Phi) is 2.52. The molecule has 0 aromatic heterocycles. The fraction of sp³-hybridized carbons (Fsp3) is 0.778. The predicted molar refractivity (Wildman–Crippen MR) is 48.0 cm³/mol. The van der Waals surface area contributed by atoms with E-state index in [1.54, 1.807) is 4.90 Å². The van der Waals surface area contributed by atoms with Crippen molar-refractivity contribution in [1.29, 1.82) is 0 Å². The Hall–Kier alpha value is -1.15. The van der Waals surface area contributed by atoms with Gasteiger partial charge in [0.25, 0.3) is 0 Å².